The first-order valence-electron chi connectivity index (χ1n) is 5.31. The molecule has 0 aliphatic carbocycles. The van der Waals surface area contributed by atoms with E-state index in [0.29, 0.717) is 0 Å². The topological polar surface area (TPSA) is 83.7 Å². The number of carbonyl (C=O) groups is 1. The summed E-state index contributed by atoms with van der Waals surface area (Å²) in [6.07, 6.45) is 0. The summed E-state index contributed by atoms with van der Waals surface area (Å²) in [5.74, 6) is -1.64. The SMILES string of the molecule is CC(CN(C)c1cc(Cl)c(Cl)cc1[N+](=O)[O-])C(=O)O. The van der Waals surface area contributed by atoms with E-state index in [0.717, 1.165) is 6.07 Å². The number of aliphatic carboxylic acids is 1. The number of nitro groups is 1. The average molecular weight is 307 g/mol. The van der Waals surface area contributed by atoms with Gasteiger partial charge in [0, 0.05) is 19.7 Å². The molecule has 1 atom stereocenters. The van der Waals surface area contributed by atoms with Crippen molar-refractivity contribution in [1.82, 2.24) is 0 Å². The first-order chi connectivity index (χ1) is 8.73. The van der Waals surface area contributed by atoms with E-state index in [1.54, 1.807) is 7.05 Å². The van der Waals surface area contributed by atoms with Crippen LogP contribution in [0.25, 0.3) is 0 Å². The Morgan fingerprint density at radius 1 is 1.47 bits per heavy atom. The van der Waals surface area contributed by atoms with E-state index in [1.165, 1.54) is 17.9 Å². The summed E-state index contributed by atoms with van der Waals surface area (Å²) >= 11 is 11.6. The summed E-state index contributed by atoms with van der Waals surface area (Å²) in [6.45, 7) is 1.64. The second kappa shape index (κ2) is 6.08. The number of hydrogen-bond donors (Lipinski definition) is 1. The zero-order valence-corrected chi connectivity index (χ0v) is 11.8. The van der Waals surface area contributed by atoms with Crippen molar-refractivity contribution in [3.8, 4) is 0 Å². The van der Waals surface area contributed by atoms with E-state index in [1.807, 2.05) is 0 Å². The van der Waals surface area contributed by atoms with Crippen molar-refractivity contribution in [2.75, 3.05) is 18.5 Å². The number of anilines is 1. The molecule has 0 aliphatic heterocycles. The van der Waals surface area contributed by atoms with Crippen molar-refractivity contribution in [2.45, 2.75) is 6.92 Å². The van der Waals surface area contributed by atoms with Gasteiger partial charge >= 0.3 is 5.97 Å². The Hall–Kier alpha value is -1.53. The molecule has 0 radical (unpaired) electrons. The highest BCUT2D eigenvalue weighted by Crippen LogP contribution is 2.36. The van der Waals surface area contributed by atoms with Crippen LogP contribution in [0.1, 0.15) is 6.92 Å². The van der Waals surface area contributed by atoms with E-state index in [4.69, 9.17) is 28.3 Å². The fraction of sp³-hybridized carbons (Fsp3) is 0.364. The highest BCUT2D eigenvalue weighted by molar-refractivity contribution is 6.42. The number of carboxylic acid groups (broad SMARTS) is 1. The lowest BCUT2D eigenvalue weighted by Crippen LogP contribution is -2.28. The first-order valence-corrected chi connectivity index (χ1v) is 6.07. The number of nitro benzene ring substituents is 1. The molecule has 0 bridgehead atoms. The van der Waals surface area contributed by atoms with E-state index in [9.17, 15) is 14.9 Å². The summed E-state index contributed by atoms with van der Waals surface area (Å²) in [5.41, 5.74) is 0.0157. The lowest BCUT2D eigenvalue weighted by Gasteiger charge is -2.21. The van der Waals surface area contributed by atoms with Gasteiger partial charge in [-0.15, -0.1) is 0 Å². The molecular weight excluding hydrogens is 295 g/mol. The lowest BCUT2D eigenvalue weighted by molar-refractivity contribution is -0.384. The molecule has 1 aromatic rings. The lowest BCUT2D eigenvalue weighted by atomic mass is 10.1. The van der Waals surface area contributed by atoms with Gasteiger partial charge in [-0.05, 0) is 6.07 Å². The van der Waals surface area contributed by atoms with E-state index >= 15 is 0 Å². The molecule has 0 aliphatic rings. The third kappa shape index (κ3) is 3.71. The van der Waals surface area contributed by atoms with Crippen molar-refractivity contribution in [3.05, 3.63) is 32.3 Å². The van der Waals surface area contributed by atoms with Crippen LogP contribution in [-0.2, 0) is 4.79 Å². The van der Waals surface area contributed by atoms with Crippen molar-refractivity contribution in [1.29, 1.82) is 0 Å². The Labute approximate surface area is 119 Å². The van der Waals surface area contributed by atoms with Crippen LogP contribution < -0.4 is 4.90 Å². The molecule has 0 aromatic heterocycles. The van der Waals surface area contributed by atoms with Crippen LogP contribution in [0.15, 0.2) is 12.1 Å². The molecule has 0 heterocycles. The number of rotatable bonds is 5. The van der Waals surface area contributed by atoms with Gasteiger partial charge in [0.05, 0.1) is 20.9 Å². The predicted molar refractivity (Wildman–Crippen MR) is 73.2 cm³/mol. The fourth-order valence-corrected chi connectivity index (χ4v) is 1.88. The van der Waals surface area contributed by atoms with Gasteiger partial charge in [0.15, 0.2) is 0 Å². The largest absolute Gasteiger partial charge is 0.481 e. The number of hydrogen-bond acceptors (Lipinski definition) is 4. The van der Waals surface area contributed by atoms with Gasteiger partial charge in [-0.1, -0.05) is 30.1 Å². The second-order valence-corrected chi connectivity index (χ2v) is 4.95. The molecule has 1 N–H and O–H groups in total. The maximum absolute atomic E-state index is 11.0. The summed E-state index contributed by atoms with van der Waals surface area (Å²) in [5, 5.41) is 20.1. The summed E-state index contributed by atoms with van der Waals surface area (Å²) in [6, 6.07) is 2.51. The molecule has 8 heteroatoms. The van der Waals surface area contributed by atoms with Crippen molar-refractivity contribution >= 4 is 40.5 Å². The van der Waals surface area contributed by atoms with E-state index in [-0.39, 0.29) is 28.0 Å². The minimum Gasteiger partial charge on any atom is -0.481 e. The molecule has 1 unspecified atom stereocenters. The van der Waals surface area contributed by atoms with Gasteiger partial charge in [0.25, 0.3) is 5.69 Å². The van der Waals surface area contributed by atoms with Crippen molar-refractivity contribution < 1.29 is 14.8 Å². The van der Waals surface area contributed by atoms with Gasteiger partial charge in [-0.3, -0.25) is 14.9 Å². The normalized spacial score (nSPS) is 12.0. The third-order valence-corrected chi connectivity index (χ3v) is 3.32. The Balaban J connectivity index is 3.14. The minimum atomic E-state index is -0.977. The number of benzene rings is 1. The molecular formula is C11H12Cl2N2O4. The zero-order valence-electron chi connectivity index (χ0n) is 10.3. The average Bonchev–Trinajstić information content (AvgIpc) is 2.31. The van der Waals surface area contributed by atoms with Gasteiger partial charge in [0.2, 0.25) is 0 Å². The maximum atomic E-state index is 11.0. The zero-order chi connectivity index (χ0) is 14.7. The van der Waals surface area contributed by atoms with Gasteiger partial charge in [-0.2, -0.15) is 0 Å². The minimum absolute atomic E-state index is 0.0804. The van der Waals surface area contributed by atoms with Crippen molar-refractivity contribution in [3.63, 3.8) is 0 Å². The second-order valence-electron chi connectivity index (χ2n) is 4.13. The standard InChI is InChI=1S/C11H12Cl2N2O4/c1-6(11(16)17)5-14(2)9-3-7(12)8(13)4-10(9)15(18)19/h3-4,6H,5H2,1-2H3,(H,16,17). The van der Waals surface area contributed by atoms with Crippen LogP contribution in [-0.4, -0.2) is 29.6 Å². The molecule has 0 spiro atoms. The highest BCUT2D eigenvalue weighted by Gasteiger charge is 2.22. The molecule has 0 saturated heterocycles. The van der Waals surface area contributed by atoms with Crippen LogP contribution in [0.4, 0.5) is 11.4 Å². The van der Waals surface area contributed by atoms with Crippen LogP contribution in [0.5, 0.6) is 0 Å². The molecule has 19 heavy (non-hydrogen) atoms. The van der Waals surface area contributed by atoms with Crippen LogP contribution >= 0.6 is 23.2 Å². The predicted octanol–water partition coefficient (Wildman–Crippen LogP) is 3.06. The van der Waals surface area contributed by atoms with E-state index in [2.05, 4.69) is 0 Å². The molecule has 0 fully saturated rings. The fourth-order valence-electron chi connectivity index (χ4n) is 1.57. The van der Waals surface area contributed by atoms with Gasteiger partial charge < -0.3 is 10.0 Å². The van der Waals surface area contributed by atoms with Crippen LogP contribution in [0.2, 0.25) is 10.0 Å². The smallest absolute Gasteiger partial charge is 0.308 e. The first kappa shape index (κ1) is 15.5. The third-order valence-electron chi connectivity index (χ3n) is 2.59. The van der Waals surface area contributed by atoms with Crippen molar-refractivity contribution in [2.24, 2.45) is 5.92 Å². The Morgan fingerprint density at radius 3 is 2.47 bits per heavy atom. The van der Waals surface area contributed by atoms with Crippen LogP contribution in [0, 0.1) is 16.0 Å². The Bertz CT molecular complexity index is 522. The van der Waals surface area contributed by atoms with Gasteiger partial charge in [0.1, 0.15) is 5.69 Å². The molecule has 104 valence electrons. The van der Waals surface area contributed by atoms with E-state index < -0.39 is 16.8 Å². The maximum Gasteiger partial charge on any atom is 0.308 e. The molecule has 6 nitrogen and oxygen atoms in total. The Morgan fingerprint density at radius 2 is 2.00 bits per heavy atom. The summed E-state index contributed by atoms with van der Waals surface area (Å²) < 4.78 is 0. The highest BCUT2D eigenvalue weighted by atomic mass is 35.5. The summed E-state index contributed by atoms with van der Waals surface area (Å²) in [7, 11) is 1.56. The Kier molecular flexibility index (Phi) is 4.97. The number of nitrogens with zero attached hydrogens (tertiary/aromatic N) is 2. The molecule has 1 aromatic carbocycles. The monoisotopic (exact) mass is 306 g/mol. The van der Waals surface area contributed by atoms with Gasteiger partial charge in [-0.25, -0.2) is 0 Å². The van der Waals surface area contributed by atoms with Crippen LogP contribution in [0.3, 0.4) is 0 Å². The molecule has 1 rings (SSSR count). The molecule has 0 saturated carbocycles. The molecule has 0 amide bonds. The number of halogens is 2. The quantitative estimate of drug-likeness (QED) is 0.667. The number of carboxylic acids is 1. The summed E-state index contributed by atoms with van der Waals surface area (Å²) in [4.78, 5) is 22.7.